The van der Waals surface area contributed by atoms with Crippen molar-refractivity contribution in [3.63, 3.8) is 0 Å². The second kappa shape index (κ2) is 4.10. The summed E-state index contributed by atoms with van der Waals surface area (Å²) in [7, 11) is 1.68. The van der Waals surface area contributed by atoms with Crippen LogP contribution in [0.15, 0.2) is 6.20 Å². The van der Waals surface area contributed by atoms with Crippen molar-refractivity contribution >= 4 is 11.6 Å². The molecule has 0 aliphatic rings. The van der Waals surface area contributed by atoms with E-state index in [-0.39, 0.29) is 18.1 Å². The predicted molar refractivity (Wildman–Crippen MR) is 51.6 cm³/mol. The number of aliphatic hydroxyl groups excluding tert-OH is 1. The van der Waals surface area contributed by atoms with Gasteiger partial charge in [-0.15, -0.1) is 0 Å². The van der Waals surface area contributed by atoms with E-state index in [9.17, 15) is 4.79 Å². The van der Waals surface area contributed by atoms with Gasteiger partial charge in [0.25, 0.3) is 5.91 Å². The second-order valence-corrected chi connectivity index (χ2v) is 3.17. The number of carbonyl (C=O) groups excluding carboxylic acids is 1. The lowest BCUT2D eigenvalue weighted by atomic mass is 10.3. The van der Waals surface area contributed by atoms with Crippen molar-refractivity contribution in [1.29, 1.82) is 0 Å². The molecule has 0 fully saturated rings. The SMILES string of the molecule is CC(O)CNC(=O)c1nn(C)cc1N. The van der Waals surface area contributed by atoms with Crippen LogP contribution < -0.4 is 11.1 Å². The molecular weight excluding hydrogens is 184 g/mol. The lowest BCUT2D eigenvalue weighted by Gasteiger charge is -2.05. The van der Waals surface area contributed by atoms with Gasteiger partial charge in [0.15, 0.2) is 5.69 Å². The van der Waals surface area contributed by atoms with Crippen molar-refractivity contribution in [3.8, 4) is 0 Å². The molecule has 0 saturated carbocycles. The maximum absolute atomic E-state index is 11.4. The fourth-order valence-corrected chi connectivity index (χ4v) is 1.01. The van der Waals surface area contributed by atoms with E-state index in [0.29, 0.717) is 5.69 Å². The summed E-state index contributed by atoms with van der Waals surface area (Å²) in [5.41, 5.74) is 6.06. The number of rotatable bonds is 3. The van der Waals surface area contributed by atoms with Crippen molar-refractivity contribution < 1.29 is 9.90 Å². The van der Waals surface area contributed by atoms with Crippen LogP contribution in [0.3, 0.4) is 0 Å². The number of nitrogens with one attached hydrogen (secondary N) is 1. The Labute approximate surface area is 81.7 Å². The summed E-state index contributed by atoms with van der Waals surface area (Å²) in [4.78, 5) is 11.4. The van der Waals surface area contributed by atoms with Gasteiger partial charge >= 0.3 is 0 Å². The van der Waals surface area contributed by atoms with Crippen LogP contribution in [0.2, 0.25) is 0 Å². The van der Waals surface area contributed by atoms with E-state index in [2.05, 4.69) is 10.4 Å². The topological polar surface area (TPSA) is 93.2 Å². The highest BCUT2D eigenvalue weighted by molar-refractivity contribution is 5.96. The third-order valence-corrected chi connectivity index (χ3v) is 1.63. The van der Waals surface area contributed by atoms with Crippen LogP contribution in [0.4, 0.5) is 5.69 Å². The zero-order chi connectivity index (χ0) is 10.7. The third-order valence-electron chi connectivity index (χ3n) is 1.63. The quantitative estimate of drug-likeness (QED) is 0.587. The Bertz CT molecular complexity index is 332. The van der Waals surface area contributed by atoms with Crippen LogP contribution >= 0.6 is 0 Å². The number of hydrogen-bond donors (Lipinski definition) is 3. The summed E-state index contributed by atoms with van der Waals surface area (Å²) in [5, 5.41) is 15.3. The average Bonchev–Trinajstić information content (AvgIpc) is 2.41. The van der Waals surface area contributed by atoms with Crippen LogP contribution in [0.1, 0.15) is 17.4 Å². The highest BCUT2D eigenvalue weighted by Crippen LogP contribution is 2.07. The molecule has 1 unspecified atom stereocenters. The minimum Gasteiger partial charge on any atom is -0.396 e. The first-order valence-electron chi connectivity index (χ1n) is 4.26. The van der Waals surface area contributed by atoms with Crippen LogP contribution in [0.25, 0.3) is 0 Å². The highest BCUT2D eigenvalue weighted by atomic mass is 16.3. The van der Waals surface area contributed by atoms with E-state index in [0.717, 1.165) is 0 Å². The first-order chi connectivity index (χ1) is 6.50. The molecule has 6 heteroatoms. The minimum atomic E-state index is -0.580. The Morgan fingerprint density at radius 2 is 2.50 bits per heavy atom. The number of nitrogens with two attached hydrogens (primary N) is 1. The fourth-order valence-electron chi connectivity index (χ4n) is 1.01. The zero-order valence-corrected chi connectivity index (χ0v) is 8.19. The maximum atomic E-state index is 11.4. The van der Waals surface area contributed by atoms with Crippen molar-refractivity contribution in [2.24, 2.45) is 7.05 Å². The van der Waals surface area contributed by atoms with E-state index in [1.165, 1.54) is 4.68 Å². The van der Waals surface area contributed by atoms with E-state index in [4.69, 9.17) is 10.8 Å². The van der Waals surface area contributed by atoms with Gasteiger partial charge in [-0.2, -0.15) is 5.10 Å². The number of hydrogen-bond acceptors (Lipinski definition) is 4. The van der Waals surface area contributed by atoms with Gasteiger partial charge in [-0.1, -0.05) is 0 Å². The van der Waals surface area contributed by atoms with Gasteiger partial charge in [-0.05, 0) is 6.92 Å². The Balaban J connectivity index is 2.65. The number of carbonyl (C=O) groups is 1. The summed E-state index contributed by atoms with van der Waals surface area (Å²) in [6.45, 7) is 1.77. The maximum Gasteiger partial charge on any atom is 0.274 e. The molecule has 6 nitrogen and oxygen atoms in total. The van der Waals surface area contributed by atoms with Gasteiger partial charge in [0.2, 0.25) is 0 Å². The average molecular weight is 198 g/mol. The van der Waals surface area contributed by atoms with Gasteiger partial charge in [-0.3, -0.25) is 9.48 Å². The number of aliphatic hydroxyl groups is 1. The number of amides is 1. The fraction of sp³-hybridized carbons (Fsp3) is 0.500. The summed E-state index contributed by atoms with van der Waals surface area (Å²) < 4.78 is 1.46. The minimum absolute atomic E-state index is 0.188. The molecule has 78 valence electrons. The molecule has 0 aliphatic heterocycles. The van der Waals surface area contributed by atoms with E-state index in [1.807, 2.05) is 0 Å². The molecule has 0 aliphatic carbocycles. The lowest BCUT2D eigenvalue weighted by molar-refractivity contribution is 0.0919. The Hall–Kier alpha value is -1.56. The number of anilines is 1. The Kier molecular flexibility index (Phi) is 3.08. The number of nitrogen functional groups attached to an aromatic ring is 1. The van der Waals surface area contributed by atoms with Gasteiger partial charge in [-0.25, -0.2) is 0 Å². The molecule has 0 spiro atoms. The Morgan fingerprint density at radius 3 is 2.93 bits per heavy atom. The van der Waals surface area contributed by atoms with E-state index in [1.54, 1.807) is 20.2 Å². The molecular formula is C8H14N4O2. The van der Waals surface area contributed by atoms with Crippen molar-refractivity contribution in [2.75, 3.05) is 12.3 Å². The molecule has 1 rings (SSSR count). The molecule has 0 bridgehead atoms. The molecule has 0 radical (unpaired) electrons. The first kappa shape index (κ1) is 10.5. The smallest absolute Gasteiger partial charge is 0.274 e. The van der Waals surface area contributed by atoms with Gasteiger partial charge in [0.1, 0.15) is 0 Å². The van der Waals surface area contributed by atoms with E-state index < -0.39 is 6.10 Å². The number of aryl methyl sites for hydroxylation is 1. The van der Waals surface area contributed by atoms with E-state index >= 15 is 0 Å². The van der Waals surface area contributed by atoms with Crippen LogP contribution in [0.5, 0.6) is 0 Å². The monoisotopic (exact) mass is 198 g/mol. The zero-order valence-electron chi connectivity index (χ0n) is 8.19. The number of nitrogens with zero attached hydrogens (tertiary/aromatic N) is 2. The first-order valence-corrected chi connectivity index (χ1v) is 4.26. The lowest BCUT2D eigenvalue weighted by Crippen LogP contribution is -2.31. The molecule has 1 aromatic rings. The van der Waals surface area contributed by atoms with Gasteiger partial charge in [0.05, 0.1) is 11.8 Å². The summed E-state index contributed by atoms with van der Waals surface area (Å²) in [5.74, 6) is -0.371. The van der Waals surface area contributed by atoms with Crippen LogP contribution in [-0.4, -0.2) is 33.4 Å². The molecule has 4 N–H and O–H groups in total. The summed E-state index contributed by atoms with van der Waals surface area (Å²) in [6.07, 6.45) is 0.973. The third kappa shape index (κ3) is 2.46. The standard InChI is InChI=1S/C8H14N4O2/c1-5(13)3-10-8(14)7-6(9)4-12(2)11-7/h4-5,13H,3,9H2,1-2H3,(H,10,14). The van der Waals surface area contributed by atoms with Gasteiger partial charge in [0, 0.05) is 19.8 Å². The summed E-state index contributed by atoms with van der Waals surface area (Å²) >= 11 is 0. The van der Waals surface area contributed by atoms with Crippen molar-refractivity contribution in [3.05, 3.63) is 11.9 Å². The second-order valence-electron chi connectivity index (χ2n) is 3.17. The van der Waals surface area contributed by atoms with Crippen molar-refractivity contribution in [2.45, 2.75) is 13.0 Å². The number of aromatic nitrogens is 2. The summed E-state index contributed by atoms with van der Waals surface area (Å²) in [6, 6.07) is 0. The Morgan fingerprint density at radius 1 is 1.86 bits per heavy atom. The molecule has 1 amide bonds. The molecule has 1 atom stereocenters. The van der Waals surface area contributed by atoms with Gasteiger partial charge < -0.3 is 16.2 Å². The van der Waals surface area contributed by atoms with Crippen molar-refractivity contribution in [1.82, 2.24) is 15.1 Å². The molecule has 0 aromatic carbocycles. The normalized spacial score (nSPS) is 12.5. The molecule has 0 saturated heterocycles. The molecule has 14 heavy (non-hydrogen) atoms. The van der Waals surface area contributed by atoms with Crippen LogP contribution in [0, 0.1) is 0 Å². The highest BCUT2D eigenvalue weighted by Gasteiger charge is 2.13. The van der Waals surface area contributed by atoms with Crippen LogP contribution in [-0.2, 0) is 7.05 Å². The predicted octanol–water partition coefficient (Wildman–Crippen LogP) is -0.887. The molecule has 1 aromatic heterocycles. The largest absolute Gasteiger partial charge is 0.396 e. The molecule has 1 heterocycles.